The minimum Gasteiger partial charge on any atom is -0.128 e. The molecule has 0 N–H and O–H groups in total. The molecule has 12 heavy (non-hydrogen) atoms. The molecule has 66 valence electrons. The first-order valence-corrected chi connectivity index (χ1v) is 4.44. The highest BCUT2D eigenvalue weighted by atomic mass is 15.3. The van der Waals surface area contributed by atoms with E-state index in [9.17, 15) is 0 Å². The molecule has 0 amide bonds. The summed E-state index contributed by atoms with van der Waals surface area (Å²) in [7, 11) is 0. The molecule has 0 unspecified atom stereocenters. The van der Waals surface area contributed by atoms with Gasteiger partial charge in [-0.2, -0.15) is 0 Å². The van der Waals surface area contributed by atoms with Gasteiger partial charge >= 0.3 is 12.4 Å². The molecule has 0 bridgehead atoms. The second-order valence-electron chi connectivity index (χ2n) is 2.91. The lowest BCUT2D eigenvalue weighted by Crippen LogP contribution is -2.38. The predicted molar refractivity (Wildman–Crippen MR) is 46.4 cm³/mol. The number of hydrogen-bond donors (Lipinski definition) is 0. The molecular formula is C9H16N3+. The number of hydrogen-bond acceptors (Lipinski definition) is 2. The minimum atomic E-state index is -0.0694. The standard InChI is InChI=1S/C9H16N3/c1-3-5-6-7-12(4-2,8-10)9-11/h3-7H2,1-2H3/q+1. The van der Waals surface area contributed by atoms with Crippen molar-refractivity contribution in [2.24, 2.45) is 0 Å². The van der Waals surface area contributed by atoms with Crippen LogP contribution in [0.25, 0.3) is 0 Å². The van der Waals surface area contributed by atoms with Crippen LogP contribution < -0.4 is 0 Å². The monoisotopic (exact) mass is 166 g/mol. The second-order valence-corrected chi connectivity index (χ2v) is 2.91. The normalized spacial score (nSPS) is 10.3. The highest BCUT2D eigenvalue weighted by Crippen LogP contribution is 2.06. The molecule has 0 spiro atoms. The Labute approximate surface area is 74.4 Å². The highest BCUT2D eigenvalue weighted by molar-refractivity contribution is 4.68. The van der Waals surface area contributed by atoms with Crippen molar-refractivity contribution in [3.05, 3.63) is 0 Å². The zero-order valence-corrected chi connectivity index (χ0v) is 7.88. The number of unbranched alkanes of at least 4 members (excludes halogenated alkanes) is 2. The first-order valence-electron chi connectivity index (χ1n) is 4.44. The van der Waals surface area contributed by atoms with E-state index in [1.54, 1.807) is 0 Å². The van der Waals surface area contributed by atoms with Crippen LogP contribution >= 0.6 is 0 Å². The third kappa shape index (κ3) is 2.90. The highest BCUT2D eigenvalue weighted by Gasteiger charge is 2.25. The first-order chi connectivity index (χ1) is 5.74. The lowest BCUT2D eigenvalue weighted by Gasteiger charge is -2.16. The zero-order chi connectivity index (χ0) is 9.45. The summed E-state index contributed by atoms with van der Waals surface area (Å²) in [6, 6.07) is 0. The molecular weight excluding hydrogens is 150 g/mol. The number of rotatable bonds is 5. The van der Waals surface area contributed by atoms with Gasteiger partial charge in [0.05, 0.1) is 0 Å². The average molecular weight is 166 g/mol. The summed E-state index contributed by atoms with van der Waals surface area (Å²) in [5.41, 5.74) is 0. The number of nitriles is 2. The van der Waals surface area contributed by atoms with Crippen molar-refractivity contribution >= 4 is 0 Å². The van der Waals surface area contributed by atoms with Gasteiger partial charge in [0.25, 0.3) is 0 Å². The molecule has 0 aliphatic rings. The van der Waals surface area contributed by atoms with Gasteiger partial charge < -0.3 is 0 Å². The van der Waals surface area contributed by atoms with E-state index in [4.69, 9.17) is 10.5 Å². The van der Waals surface area contributed by atoms with Gasteiger partial charge in [0.2, 0.25) is 0 Å². The molecule has 0 saturated heterocycles. The fourth-order valence-corrected chi connectivity index (χ4v) is 1.05. The second kappa shape index (κ2) is 5.57. The van der Waals surface area contributed by atoms with Crippen molar-refractivity contribution in [3.63, 3.8) is 0 Å². The van der Waals surface area contributed by atoms with Crippen molar-refractivity contribution < 1.29 is 4.48 Å². The van der Waals surface area contributed by atoms with Crippen molar-refractivity contribution in [2.45, 2.75) is 33.1 Å². The molecule has 0 aliphatic heterocycles. The summed E-state index contributed by atoms with van der Waals surface area (Å²) in [4.78, 5) is 0. The Hall–Kier alpha value is -1.06. The molecule has 0 saturated carbocycles. The molecule has 0 aliphatic carbocycles. The molecule has 3 nitrogen and oxygen atoms in total. The van der Waals surface area contributed by atoms with Crippen LogP contribution in [0.2, 0.25) is 0 Å². The fourth-order valence-electron chi connectivity index (χ4n) is 1.05. The largest absolute Gasteiger partial charge is 0.324 e. The van der Waals surface area contributed by atoms with Crippen molar-refractivity contribution in [3.8, 4) is 12.4 Å². The zero-order valence-electron chi connectivity index (χ0n) is 7.88. The summed E-state index contributed by atoms with van der Waals surface area (Å²) in [5.74, 6) is 0. The number of nitrogens with zero attached hydrogens (tertiary/aromatic N) is 3. The van der Waals surface area contributed by atoms with Crippen LogP contribution in [0.5, 0.6) is 0 Å². The van der Waals surface area contributed by atoms with Crippen LogP contribution in [-0.4, -0.2) is 17.6 Å². The van der Waals surface area contributed by atoms with E-state index in [0.29, 0.717) is 13.1 Å². The first kappa shape index (κ1) is 10.9. The quantitative estimate of drug-likeness (QED) is 0.356. The van der Waals surface area contributed by atoms with Gasteiger partial charge in [-0.15, -0.1) is 15.0 Å². The maximum atomic E-state index is 8.78. The van der Waals surface area contributed by atoms with E-state index in [1.165, 1.54) is 0 Å². The molecule has 0 rings (SSSR count). The summed E-state index contributed by atoms with van der Waals surface area (Å²) in [6.07, 6.45) is 7.29. The van der Waals surface area contributed by atoms with Crippen LogP contribution in [0.1, 0.15) is 33.1 Å². The minimum absolute atomic E-state index is 0.0694. The van der Waals surface area contributed by atoms with Crippen LogP contribution in [0.4, 0.5) is 0 Å². The Morgan fingerprint density at radius 1 is 1.08 bits per heavy atom. The van der Waals surface area contributed by atoms with Crippen molar-refractivity contribution in [1.29, 1.82) is 10.5 Å². The fraction of sp³-hybridized carbons (Fsp3) is 0.778. The average Bonchev–Trinajstić information content (AvgIpc) is 2.14. The van der Waals surface area contributed by atoms with E-state index >= 15 is 0 Å². The van der Waals surface area contributed by atoms with E-state index in [1.807, 2.05) is 6.92 Å². The SMILES string of the molecule is CCCCC[N+](C#N)(C#N)CC. The number of quaternary nitrogens is 1. The van der Waals surface area contributed by atoms with Gasteiger partial charge in [-0.25, -0.2) is 0 Å². The lowest BCUT2D eigenvalue weighted by atomic mass is 10.2. The molecule has 0 heterocycles. The van der Waals surface area contributed by atoms with Gasteiger partial charge in [0.15, 0.2) is 0 Å². The van der Waals surface area contributed by atoms with Gasteiger partial charge in [-0.1, -0.05) is 13.3 Å². The topological polar surface area (TPSA) is 47.6 Å². The Bertz CT molecular complexity index is 183. The van der Waals surface area contributed by atoms with Gasteiger partial charge in [-0.3, -0.25) is 0 Å². The van der Waals surface area contributed by atoms with Crippen LogP contribution in [-0.2, 0) is 0 Å². The summed E-state index contributed by atoms with van der Waals surface area (Å²) in [6.45, 7) is 5.23. The van der Waals surface area contributed by atoms with E-state index < -0.39 is 0 Å². The summed E-state index contributed by atoms with van der Waals surface area (Å²) >= 11 is 0. The van der Waals surface area contributed by atoms with E-state index in [-0.39, 0.29) is 4.48 Å². The summed E-state index contributed by atoms with van der Waals surface area (Å²) in [5, 5.41) is 17.6. The molecule has 0 fully saturated rings. The Morgan fingerprint density at radius 3 is 2.00 bits per heavy atom. The Balaban J connectivity index is 3.99. The maximum absolute atomic E-state index is 8.78. The van der Waals surface area contributed by atoms with Crippen LogP contribution in [0.15, 0.2) is 0 Å². The van der Waals surface area contributed by atoms with Gasteiger partial charge in [0, 0.05) is 0 Å². The van der Waals surface area contributed by atoms with E-state index in [0.717, 1.165) is 19.3 Å². The summed E-state index contributed by atoms with van der Waals surface area (Å²) < 4.78 is -0.0694. The van der Waals surface area contributed by atoms with Gasteiger partial charge in [0.1, 0.15) is 13.1 Å². The predicted octanol–water partition coefficient (Wildman–Crippen LogP) is 1.98. The van der Waals surface area contributed by atoms with Crippen molar-refractivity contribution in [1.82, 2.24) is 0 Å². The van der Waals surface area contributed by atoms with E-state index in [2.05, 4.69) is 19.3 Å². The lowest BCUT2D eigenvalue weighted by molar-refractivity contribution is -0.797. The van der Waals surface area contributed by atoms with Crippen LogP contribution in [0, 0.1) is 22.9 Å². The molecule has 0 aromatic rings. The third-order valence-electron chi connectivity index (χ3n) is 2.07. The third-order valence-corrected chi connectivity index (χ3v) is 2.07. The Kier molecular flexibility index (Phi) is 5.08. The molecule has 3 heteroatoms. The molecule has 0 radical (unpaired) electrons. The molecule has 0 aromatic carbocycles. The maximum Gasteiger partial charge on any atom is 0.324 e. The molecule has 0 atom stereocenters. The molecule has 0 aromatic heterocycles. The smallest absolute Gasteiger partial charge is 0.128 e. The Morgan fingerprint density at radius 2 is 1.67 bits per heavy atom. The van der Waals surface area contributed by atoms with Gasteiger partial charge in [-0.05, 0) is 19.8 Å². The van der Waals surface area contributed by atoms with Crippen molar-refractivity contribution in [2.75, 3.05) is 13.1 Å². The van der Waals surface area contributed by atoms with Crippen LogP contribution in [0.3, 0.4) is 0 Å².